The summed E-state index contributed by atoms with van der Waals surface area (Å²) in [5.74, 6) is -0.506. The summed E-state index contributed by atoms with van der Waals surface area (Å²) in [6, 6.07) is 16.8. The van der Waals surface area contributed by atoms with Gasteiger partial charge in [0.15, 0.2) is 0 Å². The molecule has 2 aromatic carbocycles. The summed E-state index contributed by atoms with van der Waals surface area (Å²) in [6.45, 7) is 4.00. The van der Waals surface area contributed by atoms with Gasteiger partial charge in [0, 0.05) is 28.8 Å². The van der Waals surface area contributed by atoms with Crippen molar-refractivity contribution in [1.29, 1.82) is 0 Å². The van der Waals surface area contributed by atoms with Crippen molar-refractivity contribution in [3.8, 4) is 5.95 Å². The van der Waals surface area contributed by atoms with Gasteiger partial charge >= 0.3 is 0 Å². The third kappa shape index (κ3) is 3.42. The minimum atomic E-state index is -0.599. The van der Waals surface area contributed by atoms with Crippen LogP contribution in [-0.4, -0.2) is 20.4 Å². The van der Waals surface area contributed by atoms with E-state index in [2.05, 4.69) is 15.3 Å². The SMILES string of the molecule is Cc1c(F)nc(-n2c(C)cc3c(C(N)=O)cccc32)nc1NCc1ccccc1. The second-order valence-corrected chi connectivity index (χ2v) is 6.85. The van der Waals surface area contributed by atoms with Crippen molar-refractivity contribution in [2.75, 3.05) is 5.32 Å². The molecule has 0 bridgehead atoms. The second-order valence-electron chi connectivity index (χ2n) is 6.85. The quantitative estimate of drug-likeness (QED) is 0.507. The first-order valence-electron chi connectivity index (χ1n) is 9.19. The second kappa shape index (κ2) is 7.35. The lowest BCUT2D eigenvalue weighted by atomic mass is 10.1. The molecule has 4 rings (SSSR count). The molecule has 146 valence electrons. The molecule has 0 fully saturated rings. The standard InChI is InChI=1S/C22H20FN5O/c1-13-11-17-16(20(24)29)9-6-10-18(17)28(13)22-26-19(23)14(2)21(27-22)25-12-15-7-4-3-5-8-15/h3-11H,12H2,1-2H3,(H2,24,29)(H,25,26,27). The van der Waals surface area contributed by atoms with Crippen LogP contribution in [0.2, 0.25) is 0 Å². The van der Waals surface area contributed by atoms with Gasteiger partial charge in [0.25, 0.3) is 0 Å². The number of fused-ring (bicyclic) bond motifs is 1. The highest BCUT2D eigenvalue weighted by atomic mass is 19.1. The third-order valence-corrected chi connectivity index (χ3v) is 4.87. The lowest BCUT2D eigenvalue weighted by Crippen LogP contribution is -2.12. The van der Waals surface area contributed by atoms with Crippen molar-refractivity contribution in [2.45, 2.75) is 20.4 Å². The molecule has 0 aliphatic carbocycles. The van der Waals surface area contributed by atoms with E-state index in [0.717, 1.165) is 11.3 Å². The number of nitrogens with two attached hydrogens (primary N) is 1. The monoisotopic (exact) mass is 389 g/mol. The number of halogens is 1. The van der Waals surface area contributed by atoms with Gasteiger partial charge in [-0.3, -0.25) is 9.36 Å². The molecule has 0 aliphatic heterocycles. The number of nitrogens with zero attached hydrogens (tertiary/aromatic N) is 3. The molecule has 0 atom stereocenters. The fourth-order valence-corrected chi connectivity index (χ4v) is 3.38. The van der Waals surface area contributed by atoms with Gasteiger partial charge in [0.05, 0.1) is 5.52 Å². The van der Waals surface area contributed by atoms with Crippen LogP contribution in [0.4, 0.5) is 10.2 Å². The molecule has 1 amide bonds. The van der Waals surface area contributed by atoms with E-state index in [0.29, 0.717) is 34.4 Å². The molecular formula is C22H20FN5O. The zero-order valence-electron chi connectivity index (χ0n) is 16.1. The number of rotatable bonds is 5. The number of amides is 1. The van der Waals surface area contributed by atoms with E-state index >= 15 is 0 Å². The van der Waals surface area contributed by atoms with Crippen LogP contribution in [0.1, 0.15) is 27.2 Å². The minimum Gasteiger partial charge on any atom is -0.366 e. The zero-order valence-corrected chi connectivity index (χ0v) is 16.1. The number of hydrogen-bond donors (Lipinski definition) is 2. The van der Waals surface area contributed by atoms with Gasteiger partial charge in [-0.05, 0) is 37.6 Å². The normalized spacial score (nSPS) is 11.0. The number of aryl methyl sites for hydroxylation is 1. The Morgan fingerprint density at radius 2 is 1.86 bits per heavy atom. The number of nitrogens with one attached hydrogen (secondary N) is 1. The highest BCUT2D eigenvalue weighted by Crippen LogP contribution is 2.27. The third-order valence-electron chi connectivity index (χ3n) is 4.87. The summed E-state index contributed by atoms with van der Waals surface area (Å²) in [5.41, 5.74) is 8.75. The first-order valence-corrected chi connectivity index (χ1v) is 9.19. The van der Waals surface area contributed by atoms with Crippen LogP contribution in [0, 0.1) is 19.8 Å². The summed E-state index contributed by atoms with van der Waals surface area (Å²) in [5, 5.41) is 3.87. The molecule has 4 aromatic rings. The van der Waals surface area contributed by atoms with Gasteiger partial charge < -0.3 is 11.1 Å². The van der Waals surface area contributed by atoms with Crippen molar-refractivity contribution in [2.24, 2.45) is 5.73 Å². The maximum Gasteiger partial charge on any atom is 0.249 e. The first kappa shape index (κ1) is 18.6. The lowest BCUT2D eigenvalue weighted by Gasteiger charge is -2.13. The Morgan fingerprint density at radius 3 is 2.59 bits per heavy atom. The van der Waals surface area contributed by atoms with Crippen molar-refractivity contribution in [3.05, 3.63) is 82.9 Å². The maximum absolute atomic E-state index is 14.6. The van der Waals surface area contributed by atoms with Crippen LogP contribution in [0.15, 0.2) is 54.6 Å². The van der Waals surface area contributed by atoms with Gasteiger partial charge in [0.1, 0.15) is 5.82 Å². The molecule has 6 nitrogen and oxygen atoms in total. The zero-order chi connectivity index (χ0) is 20.5. The van der Waals surface area contributed by atoms with Crippen LogP contribution in [0.25, 0.3) is 16.9 Å². The number of carbonyl (C=O) groups is 1. The molecule has 29 heavy (non-hydrogen) atoms. The molecule has 2 heterocycles. The topological polar surface area (TPSA) is 85.8 Å². The maximum atomic E-state index is 14.6. The predicted molar refractivity (Wildman–Crippen MR) is 111 cm³/mol. The molecular weight excluding hydrogens is 369 g/mol. The Labute approximate surface area is 167 Å². The van der Waals surface area contributed by atoms with Crippen LogP contribution >= 0.6 is 0 Å². The van der Waals surface area contributed by atoms with Crippen LogP contribution in [-0.2, 0) is 6.54 Å². The predicted octanol–water partition coefficient (Wildman–Crippen LogP) is 3.89. The number of primary amides is 1. The molecule has 2 aromatic heterocycles. The number of benzene rings is 2. The van der Waals surface area contributed by atoms with Crippen molar-refractivity contribution in [3.63, 3.8) is 0 Å². The Bertz CT molecular complexity index is 1220. The lowest BCUT2D eigenvalue weighted by molar-refractivity contribution is 0.100. The minimum absolute atomic E-state index is 0.192. The summed E-state index contributed by atoms with van der Waals surface area (Å²) in [4.78, 5) is 20.4. The Hall–Kier alpha value is -3.74. The fraction of sp³-hybridized carbons (Fsp3) is 0.136. The number of aromatic nitrogens is 3. The van der Waals surface area contributed by atoms with Gasteiger partial charge in [-0.2, -0.15) is 14.4 Å². The fourth-order valence-electron chi connectivity index (χ4n) is 3.38. The molecule has 0 saturated heterocycles. The number of anilines is 1. The van der Waals surface area contributed by atoms with Crippen LogP contribution < -0.4 is 11.1 Å². The smallest absolute Gasteiger partial charge is 0.249 e. The average molecular weight is 389 g/mol. The molecule has 0 aliphatic rings. The van der Waals surface area contributed by atoms with Crippen LogP contribution in [0.3, 0.4) is 0 Å². The van der Waals surface area contributed by atoms with Crippen molar-refractivity contribution in [1.82, 2.24) is 14.5 Å². The van der Waals surface area contributed by atoms with E-state index in [4.69, 9.17) is 5.73 Å². The molecule has 0 saturated carbocycles. The Balaban J connectivity index is 1.80. The van der Waals surface area contributed by atoms with E-state index in [9.17, 15) is 9.18 Å². The molecule has 0 unspecified atom stereocenters. The molecule has 0 spiro atoms. The van der Waals surface area contributed by atoms with Gasteiger partial charge in [-0.15, -0.1) is 0 Å². The summed E-state index contributed by atoms with van der Waals surface area (Å²) in [6.07, 6.45) is 0. The van der Waals surface area contributed by atoms with E-state index < -0.39 is 11.9 Å². The van der Waals surface area contributed by atoms with E-state index in [1.54, 1.807) is 23.6 Å². The summed E-state index contributed by atoms with van der Waals surface area (Å²) in [7, 11) is 0. The molecule has 0 radical (unpaired) electrons. The Morgan fingerprint density at radius 1 is 1.10 bits per heavy atom. The van der Waals surface area contributed by atoms with Crippen molar-refractivity contribution < 1.29 is 9.18 Å². The molecule has 3 N–H and O–H groups in total. The highest BCUT2D eigenvalue weighted by Gasteiger charge is 2.18. The average Bonchev–Trinajstić information content (AvgIpc) is 3.05. The van der Waals surface area contributed by atoms with Crippen LogP contribution in [0.5, 0.6) is 0 Å². The van der Waals surface area contributed by atoms with Gasteiger partial charge in [-0.25, -0.2) is 0 Å². The van der Waals surface area contributed by atoms with Gasteiger partial charge in [0.2, 0.25) is 17.8 Å². The summed E-state index contributed by atoms with van der Waals surface area (Å²) >= 11 is 0. The number of hydrogen-bond acceptors (Lipinski definition) is 4. The highest BCUT2D eigenvalue weighted by molar-refractivity contribution is 6.06. The summed E-state index contributed by atoms with van der Waals surface area (Å²) < 4.78 is 16.3. The van der Waals surface area contributed by atoms with E-state index in [-0.39, 0.29) is 5.95 Å². The van der Waals surface area contributed by atoms with Crippen molar-refractivity contribution >= 4 is 22.6 Å². The largest absolute Gasteiger partial charge is 0.366 e. The number of carbonyl (C=O) groups excluding carboxylic acids is 1. The van der Waals surface area contributed by atoms with Gasteiger partial charge in [-0.1, -0.05) is 36.4 Å². The van der Waals surface area contributed by atoms with E-state index in [1.165, 1.54) is 0 Å². The van der Waals surface area contributed by atoms with E-state index in [1.807, 2.05) is 49.4 Å². The molecule has 7 heteroatoms. The Kier molecular flexibility index (Phi) is 4.72. The first-order chi connectivity index (χ1) is 14.0.